The second kappa shape index (κ2) is 5.33. The molecule has 5 nitrogen and oxygen atoms in total. The van der Waals surface area contributed by atoms with Crippen LogP contribution in [-0.4, -0.2) is 37.0 Å². The number of amides is 1. The van der Waals surface area contributed by atoms with Gasteiger partial charge in [0.25, 0.3) is 5.91 Å². The lowest BCUT2D eigenvalue weighted by Gasteiger charge is -2.19. The number of likely N-dealkylation sites (tertiary alicyclic amines) is 1. The van der Waals surface area contributed by atoms with Gasteiger partial charge in [-0.05, 0) is 38.6 Å². The van der Waals surface area contributed by atoms with Crippen molar-refractivity contribution in [1.29, 1.82) is 0 Å². The summed E-state index contributed by atoms with van der Waals surface area (Å²) in [4.78, 5) is 14.0. The number of likely N-dealkylation sites (N-methyl/N-ethyl adjacent to an activating group) is 1. The third kappa shape index (κ3) is 2.87. The number of nitrogens with zero attached hydrogens (tertiary/aromatic N) is 1. The van der Waals surface area contributed by atoms with E-state index in [4.69, 9.17) is 10.2 Å². The van der Waals surface area contributed by atoms with Gasteiger partial charge in [0.2, 0.25) is 0 Å². The molecular formula is C12H19N3O2. The van der Waals surface area contributed by atoms with Crippen molar-refractivity contribution >= 4 is 5.91 Å². The van der Waals surface area contributed by atoms with E-state index in [1.165, 1.54) is 6.42 Å². The van der Waals surface area contributed by atoms with Gasteiger partial charge in [-0.25, -0.2) is 0 Å². The number of carbonyl (C=O) groups excluding carboxylic acids is 1. The van der Waals surface area contributed by atoms with Gasteiger partial charge in [-0.2, -0.15) is 0 Å². The summed E-state index contributed by atoms with van der Waals surface area (Å²) < 4.78 is 5.29. The molecule has 1 aliphatic rings. The van der Waals surface area contributed by atoms with Crippen LogP contribution in [0.25, 0.3) is 0 Å². The first-order valence-electron chi connectivity index (χ1n) is 5.98. The Balaban J connectivity index is 1.84. The predicted octanol–water partition coefficient (Wildman–Crippen LogP) is 0.562. The number of rotatable bonds is 4. The van der Waals surface area contributed by atoms with Crippen molar-refractivity contribution in [3.8, 4) is 0 Å². The van der Waals surface area contributed by atoms with E-state index >= 15 is 0 Å². The maximum atomic E-state index is 11.8. The van der Waals surface area contributed by atoms with E-state index in [2.05, 4.69) is 17.3 Å². The summed E-state index contributed by atoms with van der Waals surface area (Å²) in [5, 5.41) is 2.89. The Labute approximate surface area is 101 Å². The van der Waals surface area contributed by atoms with E-state index in [0.29, 0.717) is 30.7 Å². The molecule has 1 aliphatic heterocycles. The average Bonchev–Trinajstić information content (AvgIpc) is 2.94. The first-order chi connectivity index (χ1) is 8.20. The second-order valence-corrected chi connectivity index (χ2v) is 4.46. The highest BCUT2D eigenvalue weighted by molar-refractivity contribution is 5.91. The minimum Gasteiger partial charge on any atom is -0.455 e. The summed E-state index contributed by atoms with van der Waals surface area (Å²) in [6, 6.07) is 3.84. The Kier molecular flexibility index (Phi) is 3.81. The fraction of sp³-hybridized carbons (Fsp3) is 0.583. The summed E-state index contributed by atoms with van der Waals surface area (Å²) >= 11 is 0. The molecule has 1 saturated heterocycles. The molecule has 1 unspecified atom stereocenters. The topological polar surface area (TPSA) is 71.5 Å². The Morgan fingerprint density at radius 1 is 1.65 bits per heavy atom. The van der Waals surface area contributed by atoms with Gasteiger partial charge < -0.3 is 20.4 Å². The lowest BCUT2D eigenvalue weighted by Crippen LogP contribution is -2.38. The molecule has 17 heavy (non-hydrogen) atoms. The highest BCUT2D eigenvalue weighted by Crippen LogP contribution is 2.14. The molecule has 0 aliphatic carbocycles. The smallest absolute Gasteiger partial charge is 0.287 e. The number of carbonyl (C=O) groups is 1. The van der Waals surface area contributed by atoms with Crippen LogP contribution in [0, 0.1) is 0 Å². The van der Waals surface area contributed by atoms with Crippen LogP contribution >= 0.6 is 0 Å². The molecular weight excluding hydrogens is 218 g/mol. The van der Waals surface area contributed by atoms with Crippen molar-refractivity contribution in [3.63, 3.8) is 0 Å². The van der Waals surface area contributed by atoms with Gasteiger partial charge in [0, 0.05) is 12.6 Å². The average molecular weight is 237 g/mol. The van der Waals surface area contributed by atoms with Crippen LogP contribution < -0.4 is 11.1 Å². The van der Waals surface area contributed by atoms with Crippen molar-refractivity contribution in [2.45, 2.75) is 25.4 Å². The zero-order chi connectivity index (χ0) is 12.3. The van der Waals surface area contributed by atoms with Crippen molar-refractivity contribution < 1.29 is 9.21 Å². The van der Waals surface area contributed by atoms with Crippen LogP contribution in [-0.2, 0) is 6.54 Å². The fourth-order valence-corrected chi connectivity index (χ4v) is 2.14. The van der Waals surface area contributed by atoms with Gasteiger partial charge in [0.15, 0.2) is 5.76 Å². The Bertz CT molecular complexity index is 389. The minimum absolute atomic E-state index is 0.162. The Hall–Kier alpha value is -1.33. The normalized spacial score (nSPS) is 20.7. The van der Waals surface area contributed by atoms with Crippen LogP contribution in [0.2, 0.25) is 0 Å². The van der Waals surface area contributed by atoms with Gasteiger partial charge in [-0.3, -0.25) is 4.79 Å². The first-order valence-corrected chi connectivity index (χ1v) is 5.98. The van der Waals surface area contributed by atoms with Gasteiger partial charge >= 0.3 is 0 Å². The number of furan rings is 1. The molecule has 1 fully saturated rings. The monoisotopic (exact) mass is 237 g/mol. The molecule has 0 spiro atoms. The van der Waals surface area contributed by atoms with E-state index in [-0.39, 0.29) is 5.91 Å². The van der Waals surface area contributed by atoms with Crippen LogP contribution in [0.15, 0.2) is 16.5 Å². The zero-order valence-electron chi connectivity index (χ0n) is 10.1. The van der Waals surface area contributed by atoms with Gasteiger partial charge in [-0.15, -0.1) is 0 Å². The minimum atomic E-state index is -0.162. The number of hydrogen-bond donors (Lipinski definition) is 2. The van der Waals surface area contributed by atoms with Crippen molar-refractivity contribution in [3.05, 3.63) is 23.7 Å². The molecule has 2 rings (SSSR count). The molecule has 1 aromatic heterocycles. The number of nitrogens with two attached hydrogens (primary N) is 1. The van der Waals surface area contributed by atoms with Crippen LogP contribution in [0.4, 0.5) is 0 Å². The van der Waals surface area contributed by atoms with E-state index in [9.17, 15) is 4.79 Å². The maximum Gasteiger partial charge on any atom is 0.287 e. The lowest BCUT2D eigenvalue weighted by atomic mass is 10.2. The van der Waals surface area contributed by atoms with Gasteiger partial charge in [0.1, 0.15) is 5.76 Å². The predicted molar refractivity (Wildman–Crippen MR) is 64.6 cm³/mol. The molecule has 5 heteroatoms. The van der Waals surface area contributed by atoms with E-state index in [0.717, 1.165) is 13.0 Å². The van der Waals surface area contributed by atoms with Gasteiger partial charge in [0.05, 0.1) is 6.54 Å². The molecule has 0 saturated carbocycles. The molecule has 0 aromatic carbocycles. The summed E-state index contributed by atoms with van der Waals surface area (Å²) in [6.45, 7) is 2.10. The van der Waals surface area contributed by atoms with Crippen LogP contribution in [0.1, 0.15) is 29.2 Å². The maximum absolute atomic E-state index is 11.8. The van der Waals surface area contributed by atoms with E-state index < -0.39 is 0 Å². The molecule has 0 bridgehead atoms. The standard InChI is InChI=1S/C12H19N3O2/c1-15-6-2-3-9(15)8-14-12(16)11-5-4-10(7-13)17-11/h4-5,9H,2-3,6-8,13H2,1H3,(H,14,16). The number of hydrogen-bond acceptors (Lipinski definition) is 4. The van der Waals surface area contributed by atoms with E-state index in [1.54, 1.807) is 12.1 Å². The highest BCUT2D eigenvalue weighted by atomic mass is 16.4. The van der Waals surface area contributed by atoms with Gasteiger partial charge in [-0.1, -0.05) is 0 Å². The zero-order valence-corrected chi connectivity index (χ0v) is 10.1. The Morgan fingerprint density at radius 3 is 3.06 bits per heavy atom. The molecule has 94 valence electrons. The SMILES string of the molecule is CN1CCCC1CNC(=O)c1ccc(CN)o1. The van der Waals surface area contributed by atoms with Crippen molar-refractivity contribution in [2.24, 2.45) is 5.73 Å². The molecule has 1 amide bonds. The molecule has 0 radical (unpaired) electrons. The largest absolute Gasteiger partial charge is 0.455 e. The molecule has 2 heterocycles. The Morgan fingerprint density at radius 2 is 2.47 bits per heavy atom. The van der Waals surface area contributed by atoms with Crippen LogP contribution in [0.5, 0.6) is 0 Å². The second-order valence-electron chi connectivity index (χ2n) is 4.46. The first kappa shape index (κ1) is 12.1. The number of nitrogens with one attached hydrogen (secondary N) is 1. The summed E-state index contributed by atoms with van der Waals surface area (Å²) in [7, 11) is 2.09. The summed E-state index contributed by atoms with van der Waals surface area (Å²) in [6.07, 6.45) is 2.35. The fourth-order valence-electron chi connectivity index (χ4n) is 2.14. The summed E-state index contributed by atoms with van der Waals surface area (Å²) in [5.41, 5.74) is 5.42. The van der Waals surface area contributed by atoms with Crippen LogP contribution in [0.3, 0.4) is 0 Å². The lowest BCUT2D eigenvalue weighted by molar-refractivity contribution is 0.0914. The summed E-state index contributed by atoms with van der Waals surface area (Å²) in [5.74, 6) is 0.809. The molecule has 1 atom stereocenters. The quantitative estimate of drug-likeness (QED) is 0.802. The third-order valence-electron chi connectivity index (χ3n) is 3.26. The van der Waals surface area contributed by atoms with Crippen molar-refractivity contribution in [1.82, 2.24) is 10.2 Å². The molecule has 3 N–H and O–H groups in total. The van der Waals surface area contributed by atoms with E-state index in [1.807, 2.05) is 0 Å². The molecule has 1 aromatic rings. The van der Waals surface area contributed by atoms with Crippen molar-refractivity contribution in [2.75, 3.05) is 20.1 Å². The highest BCUT2D eigenvalue weighted by Gasteiger charge is 2.21. The third-order valence-corrected chi connectivity index (χ3v) is 3.26.